The number of hydrogen-bond donors (Lipinski definition) is 0. The summed E-state index contributed by atoms with van der Waals surface area (Å²) < 4.78 is 16.0. The molecular formula is C14H20N2O5. The topological polar surface area (TPSA) is 74.1 Å². The van der Waals surface area contributed by atoms with Gasteiger partial charge in [-0.2, -0.15) is 0 Å². The van der Waals surface area contributed by atoms with Crippen LogP contribution in [-0.2, 0) is 9.47 Å². The van der Waals surface area contributed by atoms with E-state index in [-0.39, 0.29) is 16.7 Å². The van der Waals surface area contributed by atoms with E-state index in [4.69, 9.17) is 14.2 Å². The molecule has 0 N–H and O–H groups in total. The van der Waals surface area contributed by atoms with Crippen LogP contribution in [0, 0.1) is 17.0 Å². The highest BCUT2D eigenvalue weighted by atomic mass is 16.6. The predicted octanol–water partition coefficient (Wildman–Crippen LogP) is 1.76. The van der Waals surface area contributed by atoms with Gasteiger partial charge in [0.2, 0.25) is 0 Å². The molecule has 1 fully saturated rings. The zero-order valence-electron chi connectivity index (χ0n) is 12.5. The number of methoxy groups -OCH3 is 2. The van der Waals surface area contributed by atoms with Crippen LogP contribution in [0.25, 0.3) is 0 Å². The third-order valence-corrected chi connectivity index (χ3v) is 3.52. The average Bonchev–Trinajstić information content (AvgIpc) is 2.47. The highest BCUT2D eigenvalue weighted by molar-refractivity contribution is 5.68. The Hall–Kier alpha value is -1.86. The van der Waals surface area contributed by atoms with Crippen LogP contribution >= 0.6 is 0 Å². The Balaban J connectivity index is 2.34. The van der Waals surface area contributed by atoms with Gasteiger partial charge < -0.3 is 19.1 Å². The molecule has 0 aromatic heterocycles. The fraction of sp³-hybridized carbons (Fsp3) is 0.571. The first-order chi connectivity index (χ1) is 10.1. The van der Waals surface area contributed by atoms with Crippen molar-refractivity contribution in [2.75, 3.05) is 45.4 Å². The number of nitrogens with zero attached hydrogens (tertiary/aromatic N) is 2. The lowest BCUT2D eigenvalue weighted by atomic mass is 10.1. The lowest BCUT2D eigenvalue weighted by Crippen LogP contribution is -2.44. The Bertz CT molecular complexity index is 518. The maximum atomic E-state index is 11.3. The summed E-state index contributed by atoms with van der Waals surface area (Å²) in [6.07, 6.45) is -0.0874. The van der Waals surface area contributed by atoms with E-state index in [1.165, 1.54) is 0 Å². The SMILES string of the molecule is COC[C@H]1CN(c2cc(OC)c(C)cc2[N+](=O)[O-])CCO1. The first-order valence-electron chi connectivity index (χ1n) is 6.75. The Labute approximate surface area is 123 Å². The van der Waals surface area contributed by atoms with Crippen LogP contribution in [0.2, 0.25) is 0 Å². The number of anilines is 1. The van der Waals surface area contributed by atoms with Crippen molar-refractivity contribution in [1.29, 1.82) is 0 Å². The largest absolute Gasteiger partial charge is 0.496 e. The molecule has 21 heavy (non-hydrogen) atoms. The molecule has 0 unspecified atom stereocenters. The zero-order chi connectivity index (χ0) is 15.4. The second-order valence-electron chi connectivity index (χ2n) is 4.96. The predicted molar refractivity (Wildman–Crippen MR) is 78.2 cm³/mol. The van der Waals surface area contributed by atoms with Crippen molar-refractivity contribution in [1.82, 2.24) is 0 Å². The van der Waals surface area contributed by atoms with Crippen molar-refractivity contribution in [3.05, 3.63) is 27.8 Å². The van der Waals surface area contributed by atoms with Crippen LogP contribution in [0.15, 0.2) is 12.1 Å². The second-order valence-corrected chi connectivity index (χ2v) is 4.96. The number of hydrogen-bond acceptors (Lipinski definition) is 6. The average molecular weight is 296 g/mol. The van der Waals surface area contributed by atoms with Crippen LogP contribution < -0.4 is 9.64 Å². The van der Waals surface area contributed by atoms with E-state index in [9.17, 15) is 10.1 Å². The van der Waals surface area contributed by atoms with Crippen LogP contribution in [0.3, 0.4) is 0 Å². The maximum Gasteiger partial charge on any atom is 0.293 e. The molecule has 0 aliphatic carbocycles. The third-order valence-electron chi connectivity index (χ3n) is 3.52. The van der Waals surface area contributed by atoms with E-state index in [0.29, 0.717) is 37.7 Å². The molecule has 0 saturated carbocycles. The standard InChI is InChI=1S/C14H20N2O5/c1-10-6-13(16(17)18)12(7-14(10)20-3)15-4-5-21-11(8-15)9-19-2/h6-7,11H,4-5,8-9H2,1-3H3/t11-/m1/s1. The van der Waals surface area contributed by atoms with Crippen LogP contribution in [0.5, 0.6) is 5.75 Å². The maximum absolute atomic E-state index is 11.3. The molecule has 1 aromatic rings. The van der Waals surface area contributed by atoms with Gasteiger partial charge in [-0.3, -0.25) is 10.1 Å². The van der Waals surface area contributed by atoms with Gasteiger partial charge in [0.1, 0.15) is 11.4 Å². The third kappa shape index (κ3) is 3.43. The molecule has 0 spiro atoms. The van der Waals surface area contributed by atoms with Crippen molar-refractivity contribution in [2.45, 2.75) is 13.0 Å². The van der Waals surface area contributed by atoms with E-state index >= 15 is 0 Å². The lowest BCUT2D eigenvalue weighted by molar-refractivity contribution is -0.384. The van der Waals surface area contributed by atoms with Crippen molar-refractivity contribution >= 4 is 11.4 Å². The first-order valence-corrected chi connectivity index (χ1v) is 6.75. The summed E-state index contributed by atoms with van der Waals surface area (Å²) in [5.41, 5.74) is 1.40. The Morgan fingerprint density at radius 1 is 1.48 bits per heavy atom. The number of morpholine rings is 1. The molecule has 1 atom stereocenters. The van der Waals surface area contributed by atoms with Gasteiger partial charge in [0.25, 0.3) is 5.69 Å². The second kappa shape index (κ2) is 6.73. The van der Waals surface area contributed by atoms with Gasteiger partial charge in [-0.15, -0.1) is 0 Å². The number of benzene rings is 1. The molecule has 1 heterocycles. The first kappa shape index (κ1) is 15.5. The smallest absolute Gasteiger partial charge is 0.293 e. The van der Waals surface area contributed by atoms with E-state index in [1.807, 2.05) is 4.90 Å². The zero-order valence-corrected chi connectivity index (χ0v) is 12.5. The van der Waals surface area contributed by atoms with Crippen molar-refractivity contribution < 1.29 is 19.1 Å². The molecule has 0 bridgehead atoms. The molecule has 1 saturated heterocycles. The molecule has 1 aromatic carbocycles. The molecule has 1 aliphatic rings. The monoisotopic (exact) mass is 296 g/mol. The summed E-state index contributed by atoms with van der Waals surface area (Å²) in [4.78, 5) is 12.9. The van der Waals surface area contributed by atoms with E-state index in [0.717, 1.165) is 5.56 Å². The van der Waals surface area contributed by atoms with Gasteiger partial charge in [0.05, 0.1) is 31.4 Å². The van der Waals surface area contributed by atoms with Gasteiger partial charge in [0, 0.05) is 32.3 Å². The van der Waals surface area contributed by atoms with Gasteiger partial charge in [0.15, 0.2) is 0 Å². The van der Waals surface area contributed by atoms with E-state index in [1.54, 1.807) is 33.3 Å². The van der Waals surface area contributed by atoms with Crippen LogP contribution in [0.1, 0.15) is 5.56 Å². The van der Waals surface area contributed by atoms with Crippen LogP contribution in [-0.4, -0.2) is 51.6 Å². The minimum Gasteiger partial charge on any atom is -0.496 e. The van der Waals surface area contributed by atoms with Crippen LogP contribution in [0.4, 0.5) is 11.4 Å². The molecule has 116 valence electrons. The number of rotatable bonds is 5. The normalized spacial score (nSPS) is 18.6. The van der Waals surface area contributed by atoms with Gasteiger partial charge >= 0.3 is 0 Å². The Kier molecular flexibility index (Phi) is 4.98. The van der Waals surface area contributed by atoms with Crippen molar-refractivity contribution in [2.24, 2.45) is 0 Å². The summed E-state index contributed by atoms with van der Waals surface area (Å²) in [5, 5.41) is 11.3. The summed E-state index contributed by atoms with van der Waals surface area (Å²) in [7, 11) is 3.17. The number of nitro benzene ring substituents is 1. The molecular weight excluding hydrogens is 276 g/mol. The minimum atomic E-state index is -0.359. The molecule has 7 nitrogen and oxygen atoms in total. The van der Waals surface area contributed by atoms with E-state index in [2.05, 4.69) is 0 Å². The summed E-state index contributed by atoms with van der Waals surface area (Å²) in [5.74, 6) is 0.644. The number of ether oxygens (including phenoxy) is 3. The minimum absolute atomic E-state index is 0.0874. The molecule has 0 amide bonds. The highest BCUT2D eigenvalue weighted by Gasteiger charge is 2.27. The fourth-order valence-electron chi connectivity index (χ4n) is 2.51. The number of aryl methyl sites for hydroxylation is 1. The van der Waals surface area contributed by atoms with Gasteiger partial charge in [-0.05, 0) is 12.5 Å². The highest BCUT2D eigenvalue weighted by Crippen LogP contribution is 2.35. The molecule has 1 aliphatic heterocycles. The fourth-order valence-corrected chi connectivity index (χ4v) is 2.51. The molecule has 0 radical (unpaired) electrons. The summed E-state index contributed by atoms with van der Waals surface area (Å²) in [6.45, 7) is 3.94. The number of nitro groups is 1. The van der Waals surface area contributed by atoms with Crippen molar-refractivity contribution in [3.8, 4) is 5.75 Å². The Morgan fingerprint density at radius 3 is 2.86 bits per heavy atom. The Morgan fingerprint density at radius 2 is 2.24 bits per heavy atom. The van der Waals surface area contributed by atoms with Gasteiger partial charge in [-0.1, -0.05) is 0 Å². The quantitative estimate of drug-likeness (QED) is 0.609. The van der Waals surface area contributed by atoms with Crippen molar-refractivity contribution in [3.63, 3.8) is 0 Å². The molecule has 7 heteroatoms. The summed E-state index contributed by atoms with van der Waals surface area (Å²) >= 11 is 0. The lowest BCUT2D eigenvalue weighted by Gasteiger charge is -2.34. The summed E-state index contributed by atoms with van der Waals surface area (Å²) in [6, 6.07) is 3.28. The van der Waals surface area contributed by atoms with Gasteiger partial charge in [-0.25, -0.2) is 0 Å². The molecule has 2 rings (SSSR count). The van der Waals surface area contributed by atoms with E-state index < -0.39 is 0 Å².